The van der Waals surface area contributed by atoms with Crippen LogP contribution in [-0.4, -0.2) is 29.0 Å². The lowest BCUT2D eigenvalue weighted by Crippen LogP contribution is -2.34. The minimum absolute atomic E-state index is 0.0961. The fraction of sp³-hybridized carbons (Fsp3) is 0.389. The fourth-order valence-corrected chi connectivity index (χ4v) is 2.94. The summed E-state index contributed by atoms with van der Waals surface area (Å²) in [6, 6.07) is 7.40. The summed E-state index contributed by atoms with van der Waals surface area (Å²) in [6.07, 6.45) is 3.84. The van der Waals surface area contributed by atoms with Gasteiger partial charge in [-0.1, -0.05) is 6.92 Å². The van der Waals surface area contributed by atoms with Gasteiger partial charge in [-0.2, -0.15) is 0 Å². The summed E-state index contributed by atoms with van der Waals surface area (Å²) in [6.45, 7) is 5.69. The summed E-state index contributed by atoms with van der Waals surface area (Å²) in [5.41, 5.74) is 8.46. The third-order valence-electron chi connectivity index (χ3n) is 4.41. The Bertz CT molecular complexity index is 738. The Morgan fingerprint density at radius 2 is 1.80 bits per heavy atom. The average Bonchev–Trinajstić information content (AvgIpc) is 2.59. The van der Waals surface area contributed by atoms with E-state index in [0.717, 1.165) is 49.0 Å². The third-order valence-corrected chi connectivity index (χ3v) is 4.41. The van der Waals surface area contributed by atoms with Crippen molar-refractivity contribution >= 4 is 34.6 Å². The zero-order valence-corrected chi connectivity index (χ0v) is 14.6. The van der Waals surface area contributed by atoms with Crippen LogP contribution in [0.2, 0.25) is 0 Å². The van der Waals surface area contributed by atoms with Crippen molar-refractivity contribution in [2.75, 3.05) is 34.4 Å². The van der Waals surface area contributed by atoms with Gasteiger partial charge in [0.25, 0.3) is 0 Å². The molecule has 25 heavy (non-hydrogen) atoms. The predicted molar refractivity (Wildman–Crippen MR) is 101 cm³/mol. The number of rotatable bonds is 4. The number of benzene rings is 1. The highest BCUT2D eigenvalue weighted by Gasteiger charge is 2.20. The minimum atomic E-state index is -0.0961. The topological polar surface area (TPSA) is 96.2 Å². The third kappa shape index (κ3) is 4.17. The minimum Gasteiger partial charge on any atom is -0.393 e. The molecule has 0 unspecified atom stereocenters. The molecule has 0 atom stereocenters. The molecule has 7 heteroatoms. The van der Waals surface area contributed by atoms with E-state index < -0.39 is 0 Å². The van der Waals surface area contributed by atoms with E-state index in [1.54, 1.807) is 0 Å². The van der Waals surface area contributed by atoms with Gasteiger partial charge in [0.05, 0.1) is 0 Å². The van der Waals surface area contributed by atoms with Gasteiger partial charge in [-0.05, 0) is 43.0 Å². The van der Waals surface area contributed by atoms with Gasteiger partial charge in [0.1, 0.15) is 12.0 Å². The zero-order valence-electron chi connectivity index (χ0n) is 14.6. The van der Waals surface area contributed by atoms with E-state index in [2.05, 4.69) is 32.4 Å². The van der Waals surface area contributed by atoms with Crippen molar-refractivity contribution in [1.82, 2.24) is 9.97 Å². The van der Waals surface area contributed by atoms with Crippen molar-refractivity contribution in [3.63, 3.8) is 0 Å². The summed E-state index contributed by atoms with van der Waals surface area (Å²) in [5, 5.41) is 5.96. The molecule has 2 aromatic rings. The second kappa shape index (κ2) is 7.38. The van der Waals surface area contributed by atoms with E-state index in [0.29, 0.717) is 11.5 Å². The molecule has 1 amide bonds. The molecule has 7 nitrogen and oxygen atoms in total. The monoisotopic (exact) mass is 340 g/mol. The molecule has 0 saturated carbocycles. The molecule has 0 radical (unpaired) electrons. The highest BCUT2D eigenvalue weighted by Crippen LogP contribution is 2.31. The molecule has 2 heterocycles. The molecule has 1 aromatic heterocycles. The number of nitrogens with two attached hydrogens (primary N) is 1. The molecule has 1 aliphatic rings. The largest absolute Gasteiger partial charge is 0.393 e. The van der Waals surface area contributed by atoms with E-state index in [1.165, 1.54) is 13.3 Å². The fourth-order valence-electron chi connectivity index (χ4n) is 2.94. The van der Waals surface area contributed by atoms with Crippen LogP contribution in [0.1, 0.15) is 26.7 Å². The van der Waals surface area contributed by atoms with E-state index in [1.807, 2.05) is 24.3 Å². The number of piperidine rings is 1. The Balaban J connectivity index is 1.74. The van der Waals surface area contributed by atoms with Crippen LogP contribution in [0.15, 0.2) is 30.6 Å². The quantitative estimate of drug-likeness (QED) is 0.792. The van der Waals surface area contributed by atoms with Crippen LogP contribution in [0.4, 0.5) is 28.7 Å². The van der Waals surface area contributed by atoms with Crippen LogP contribution in [0.3, 0.4) is 0 Å². The van der Waals surface area contributed by atoms with Gasteiger partial charge >= 0.3 is 0 Å². The maximum Gasteiger partial charge on any atom is 0.221 e. The summed E-state index contributed by atoms with van der Waals surface area (Å²) >= 11 is 0. The molecular weight excluding hydrogens is 316 g/mol. The van der Waals surface area contributed by atoms with Crippen molar-refractivity contribution in [2.45, 2.75) is 26.7 Å². The van der Waals surface area contributed by atoms with Gasteiger partial charge in [-0.15, -0.1) is 0 Å². The summed E-state index contributed by atoms with van der Waals surface area (Å²) in [4.78, 5) is 22.0. The molecule has 1 aromatic carbocycles. The van der Waals surface area contributed by atoms with Gasteiger partial charge in [0, 0.05) is 31.4 Å². The first kappa shape index (κ1) is 17.0. The molecule has 0 aliphatic carbocycles. The van der Waals surface area contributed by atoms with Gasteiger partial charge in [-0.3, -0.25) is 4.79 Å². The Morgan fingerprint density at radius 1 is 1.16 bits per heavy atom. The first-order valence-electron chi connectivity index (χ1n) is 8.53. The second-order valence-electron chi connectivity index (χ2n) is 6.51. The lowest BCUT2D eigenvalue weighted by molar-refractivity contribution is -0.114. The van der Waals surface area contributed by atoms with Crippen molar-refractivity contribution in [2.24, 2.45) is 5.92 Å². The predicted octanol–water partition coefficient (Wildman–Crippen LogP) is 3.00. The molecule has 1 fully saturated rings. The Labute approximate surface area is 147 Å². The number of nitrogens with zero attached hydrogens (tertiary/aromatic N) is 3. The lowest BCUT2D eigenvalue weighted by Gasteiger charge is -2.32. The summed E-state index contributed by atoms with van der Waals surface area (Å²) in [5.74, 6) is 2.04. The van der Waals surface area contributed by atoms with E-state index in [4.69, 9.17) is 5.73 Å². The molecule has 0 bridgehead atoms. The number of amides is 1. The highest BCUT2D eigenvalue weighted by molar-refractivity contribution is 5.89. The number of nitrogen functional groups attached to an aromatic ring is 1. The van der Waals surface area contributed by atoms with Crippen molar-refractivity contribution in [3.05, 3.63) is 30.6 Å². The van der Waals surface area contributed by atoms with Crippen LogP contribution in [0.5, 0.6) is 0 Å². The molecule has 0 spiro atoms. The van der Waals surface area contributed by atoms with Crippen molar-refractivity contribution < 1.29 is 4.79 Å². The number of hydrogen-bond acceptors (Lipinski definition) is 6. The van der Waals surface area contributed by atoms with Gasteiger partial charge in [0.15, 0.2) is 11.6 Å². The molecule has 3 rings (SSSR count). The van der Waals surface area contributed by atoms with Gasteiger partial charge in [-0.25, -0.2) is 9.97 Å². The van der Waals surface area contributed by atoms with Crippen LogP contribution in [0, 0.1) is 5.92 Å². The summed E-state index contributed by atoms with van der Waals surface area (Å²) < 4.78 is 0. The smallest absolute Gasteiger partial charge is 0.221 e. The maximum absolute atomic E-state index is 11.1. The maximum atomic E-state index is 11.1. The number of hydrogen-bond donors (Lipinski definition) is 3. The highest BCUT2D eigenvalue weighted by atomic mass is 16.1. The van der Waals surface area contributed by atoms with Crippen LogP contribution >= 0.6 is 0 Å². The Hall–Kier alpha value is -2.83. The molecular formula is C18H24N6O. The second-order valence-corrected chi connectivity index (χ2v) is 6.51. The number of anilines is 5. The molecule has 1 aliphatic heterocycles. The first-order chi connectivity index (χ1) is 12.0. The molecule has 1 saturated heterocycles. The summed E-state index contributed by atoms with van der Waals surface area (Å²) in [7, 11) is 0. The SMILES string of the molecule is CC(=O)Nc1ccc(Nc2ncnc(N3CCC(C)CC3)c2N)cc1. The van der Waals surface area contributed by atoms with Crippen LogP contribution in [0.25, 0.3) is 0 Å². The molecule has 132 valence electrons. The normalized spacial score (nSPS) is 15.0. The number of carbonyl (C=O) groups excluding carboxylic acids is 1. The van der Waals surface area contributed by atoms with Crippen LogP contribution < -0.4 is 21.3 Å². The van der Waals surface area contributed by atoms with Crippen molar-refractivity contribution in [3.8, 4) is 0 Å². The van der Waals surface area contributed by atoms with Gasteiger partial charge in [0.2, 0.25) is 5.91 Å². The van der Waals surface area contributed by atoms with E-state index in [9.17, 15) is 4.79 Å². The molecule has 4 N–H and O–H groups in total. The zero-order chi connectivity index (χ0) is 17.8. The number of nitrogens with one attached hydrogen (secondary N) is 2. The van der Waals surface area contributed by atoms with Gasteiger partial charge < -0.3 is 21.3 Å². The van der Waals surface area contributed by atoms with E-state index in [-0.39, 0.29) is 5.91 Å². The van der Waals surface area contributed by atoms with Crippen LogP contribution in [-0.2, 0) is 4.79 Å². The van der Waals surface area contributed by atoms with Crippen molar-refractivity contribution in [1.29, 1.82) is 0 Å². The standard InChI is InChI=1S/C18H24N6O/c1-12-7-9-24(10-8-12)18-16(19)17(20-11-21-18)23-15-5-3-14(4-6-15)22-13(2)25/h3-6,11-12H,7-10,19H2,1-2H3,(H,22,25)(H,20,21,23). The Kier molecular flexibility index (Phi) is 5.02. The number of aromatic nitrogens is 2. The Morgan fingerprint density at radius 3 is 2.44 bits per heavy atom. The average molecular weight is 340 g/mol. The van der Waals surface area contributed by atoms with E-state index >= 15 is 0 Å². The number of carbonyl (C=O) groups is 1. The lowest BCUT2D eigenvalue weighted by atomic mass is 9.99. The first-order valence-corrected chi connectivity index (χ1v) is 8.53.